The van der Waals surface area contributed by atoms with Crippen molar-refractivity contribution in [1.29, 1.82) is 0 Å². The van der Waals surface area contributed by atoms with Gasteiger partial charge in [-0.3, -0.25) is 14.7 Å². The van der Waals surface area contributed by atoms with Crippen molar-refractivity contribution < 1.29 is 9.53 Å². The fourth-order valence-electron chi connectivity index (χ4n) is 3.72. The van der Waals surface area contributed by atoms with Crippen molar-refractivity contribution in [1.82, 2.24) is 20.1 Å². The summed E-state index contributed by atoms with van der Waals surface area (Å²) >= 11 is 0. The Labute approximate surface area is 150 Å². The van der Waals surface area contributed by atoms with Gasteiger partial charge in [-0.15, -0.1) is 0 Å². The predicted octanol–water partition coefficient (Wildman–Crippen LogP) is 1.27. The van der Waals surface area contributed by atoms with Crippen LogP contribution in [-0.4, -0.2) is 71.7 Å². The number of hydrogen-bond acceptors (Lipinski definition) is 5. The van der Waals surface area contributed by atoms with E-state index in [1.54, 1.807) is 6.20 Å². The largest absolute Gasteiger partial charge is 0.366 e. The summed E-state index contributed by atoms with van der Waals surface area (Å²) in [5, 5.41) is 2.95. The van der Waals surface area contributed by atoms with E-state index >= 15 is 0 Å². The molecule has 1 amide bonds. The van der Waals surface area contributed by atoms with E-state index in [1.165, 1.54) is 12.8 Å². The molecule has 1 atom stereocenters. The normalized spacial score (nSPS) is 23.7. The molecular formula is C19H30N4O2. The Kier molecular flexibility index (Phi) is 6.39. The van der Waals surface area contributed by atoms with Crippen molar-refractivity contribution in [3.05, 3.63) is 30.1 Å². The zero-order valence-electron chi connectivity index (χ0n) is 15.4. The summed E-state index contributed by atoms with van der Waals surface area (Å²) < 4.78 is 5.72. The van der Waals surface area contributed by atoms with Gasteiger partial charge in [0, 0.05) is 31.4 Å². The van der Waals surface area contributed by atoms with Crippen LogP contribution >= 0.6 is 0 Å². The van der Waals surface area contributed by atoms with E-state index in [0.717, 1.165) is 25.3 Å². The maximum Gasteiger partial charge on any atom is 0.250 e. The summed E-state index contributed by atoms with van der Waals surface area (Å²) in [6.07, 6.45) is 3.73. The van der Waals surface area contributed by atoms with Gasteiger partial charge >= 0.3 is 0 Å². The number of rotatable bonds is 5. The number of amides is 1. The number of piperidine rings is 1. The summed E-state index contributed by atoms with van der Waals surface area (Å²) in [7, 11) is 0. The van der Waals surface area contributed by atoms with Crippen LogP contribution in [0.4, 0.5) is 0 Å². The molecule has 0 saturated carbocycles. The van der Waals surface area contributed by atoms with E-state index in [4.69, 9.17) is 4.74 Å². The monoisotopic (exact) mass is 346 g/mol. The second-order valence-corrected chi connectivity index (χ2v) is 7.25. The number of nitrogens with one attached hydrogen (secondary N) is 1. The van der Waals surface area contributed by atoms with Crippen molar-refractivity contribution in [3.63, 3.8) is 0 Å². The van der Waals surface area contributed by atoms with Crippen molar-refractivity contribution in [2.45, 2.75) is 51.4 Å². The van der Waals surface area contributed by atoms with Gasteiger partial charge in [-0.25, -0.2) is 0 Å². The molecule has 6 heteroatoms. The first-order chi connectivity index (χ1) is 12.1. The number of ether oxygens (including phenoxy) is 1. The molecule has 0 spiro atoms. The molecule has 0 bridgehead atoms. The first kappa shape index (κ1) is 18.3. The van der Waals surface area contributed by atoms with Crippen LogP contribution in [0.5, 0.6) is 0 Å². The zero-order chi connectivity index (χ0) is 17.6. The number of aromatic nitrogens is 1. The minimum absolute atomic E-state index is 0.0324. The molecule has 1 aromatic heterocycles. The van der Waals surface area contributed by atoms with E-state index in [1.807, 2.05) is 18.2 Å². The van der Waals surface area contributed by atoms with Crippen LogP contribution in [0, 0.1) is 0 Å². The van der Waals surface area contributed by atoms with Crippen LogP contribution in [0.15, 0.2) is 24.4 Å². The molecule has 6 nitrogen and oxygen atoms in total. The molecule has 2 fully saturated rings. The van der Waals surface area contributed by atoms with Crippen molar-refractivity contribution in [3.8, 4) is 0 Å². The number of likely N-dealkylation sites (tertiary alicyclic amines) is 1. The van der Waals surface area contributed by atoms with Crippen LogP contribution in [0.3, 0.4) is 0 Å². The molecule has 1 aromatic rings. The summed E-state index contributed by atoms with van der Waals surface area (Å²) in [4.78, 5) is 21.7. The highest BCUT2D eigenvalue weighted by atomic mass is 16.5. The SMILES string of the molecule is CC(C)N1CCC(N2CCO[C@H](C(=O)NCc3ccccn3)C2)CC1. The molecule has 2 aliphatic heterocycles. The van der Waals surface area contributed by atoms with Crippen LogP contribution < -0.4 is 5.32 Å². The molecule has 3 rings (SSSR count). The van der Waals surface area contributed by atoms with Crippen LogP contribution in [0.1, 0.15) is 32.4 Å². The lowest BCUT2D eigenvalue weighted by Crippen LogP contribution is -2.55. The average molecular weight is 346 g/mol. The van der Waals surface area contributed by atoms with Gasteiger partial charge in [0.25, 0.3) is 5.91 Å². The molecule has 0 aliphatic carbocycles. The third-order valence-corrected chi connectivity index (χ3v) is 5.31. The topological polar surface area (TPSA) is 57.7 Å². The van der Waals surface area contributed by atoms with E-state index in [-0.39, 0.29) is 12.0 Å². The Hall–Kier alpha value is -1.50. The minimum Gasteiger partial charge on any atom is -0.366 e. The minimum atomic E-state index is -0.374. The number of carbonyl (C=O) groups is 1. The van der Waals surface area contributed by atoms with Gasteiger partial charge in [-0.1, -0.05) is 6.07 Å². The Bertz CT molecular complexity index is 544. The van der Waals surface area contributed by atoms with Crippen LogP contribution in [-0.2, 0) is 16.1 Å². The first-order valence-corrected chi connectivity index (χ1v) is 9.41. The number of hydrogen-bond donors (Lipinski definition) is 1. The molecule has 138 valence electrons. The summed E-state index contributed by atoms with van der Waals surface area (Å²) in [5.41, 5.74) is 0.865. The maximum absolute atomic E-state index is 12.4. The molecular weight excluding hydrogens is 316 g/mol. The van der Waals surface area contributed by atoms with E-state index in [0.29, 0.717) is 31.8 Å². The van der Waals surface area contributed by atoms with Crippen LogP contribution in [0.25, 0.3) is 0 Å². The van der Waals surface area contributed by atoms with Gasteiger partial charge in [-0.05, 0) is 51.9 Å². The van der Waals surface area contributed by atoms with E-state index in [9.17, 15) is 4.79 Å². The lowest BCUT2D eigenvalue weighted by Gasteiger charge is -2.42. The summed E-state index contributed by atoms with van der Waals surface area (Å²) in [6, 6.07) is 6.91. The Morgan fingerprint density at radius 3 is 2.80 bits per heavy atom. The van der Waals surface area contributed by atoms with Gasteiger partial charge in [0.2, 0.25) is 0 Å². The molecule has 0 radical (unpaired) electrons. The molecule has 3 heterocycles. The van der Waals surface area contributed by atoms with Gasteiger partial charge in [0.15, 0.2) is 0 Å². The van der Waals surface area contributed by atoms with Gasteiger partial charge in [-0.2, -0.15) is 0 Å². The van der Waals surface area contributed by atoms with Crippen LogP contribution in [0.2, 0.25) is 0 Å². The third-order valence-electron chi connectivity index (χ3n) is 5.31. The van der Waals surface area contributed by atoms with Gasteiger partial charge < -0.3 is 15.0 Å². The third kappa shape index (κ3) is 5.00. The number of nitrogens with zero attached hydrogens (tertiary/aromatic N) is 3. The molecule has 2 aliphatic rings. The second-order valence-electron chi connectivity index (χ2n) is 7.25. The molecule has 1 N–H and O–H groups in total. The Morgan fingerprint density at radius 1 is 1.32 bits per heavy atom. The molecule has 0 unspecified atom stereocenters. The van der Waals surface area contributed by atoms with Crippen molar-refractivity contribution in [2.75, 3.05) is 32.8 Å². The quantitative estimate of drug-likeness (QED) is 0.870. The van der Waals surface area contributed by atoms with Crippen molar-refractivity contribution in [2.24, 2.45) is 0 Å². The standard InChI is InChI=1S/C19H30N4O2/c1-15(2)22-9-6-17(7-10-22)23-11-12-25-18(14-23)19(24)21-13-16-5-3-4-8-20-16/h3-5,8,15,17-18H,6-7,9-14H2,1-2H3,(H,21,24)/t18-/m0/s1. The van der Waals surface area contributed by atoms with Gasteiger partial charge in [0.1, 0.15) is 6.10 Å². The first-order valence-electron chi connectivity index (χ1n) is 9.41. The predicted molar refractivity (Wildman–Crippen MR) is 97.1 cm³/mol. The Morgan fingerprint density at radius 2 is 2.12 bits per heavy atom. The maximum atomic E-state index is 12.4. The van der Waals surface area contributed by atoms with Crippen molar-refractivity contribution >= 4 is 5.91 Å². The zero-order valence-corrected chi connectivity index (χ0v) is 15.4. The number of pyridine rings is 1. The fourth-order valence-corrected chi connectivity index (χ4v) is 3.72. The smallest absolute Gasteiger partial charge is 0.250 e. The number of carbonyl (C=O) groups excluding carboxylic acids is 1. The molecule has 25 heavy (non-hydrogen) atoms. The summed E-state index contributed by atoms with van der Waals surface area (Å²) in [6.45, 7) is 9.52. The van der Waals surface area contributed by atoms with E-state index < -0.39 is 0 Å². The van der Waals surface area contributed by atoms with Gasteiger partial charge in [0.05, 0.1) is 18.8 Å². The fraction of sp³-hybridized carbons (Fsp3) is 0.684. The average Bonchev–Trinajstić information content (AvgIpc) is 2.67. The summed E-state index contributed by atoms with van der Waals surface area (Å²) in [5.74, 6) is -0.0324. The molecule has 0 aromatic carbocycles. The highest BCUT2D eigenvalue weighted by Gasteiger charge is 2.32. The lowest BCUT2D eigenvalue weighted by atomic mass is 10.0. The molecule has 2 saturated heterocycles. The Balaban J connectivity index is 1.47. The second kappa shape index (κ2) is 8.74. The highest BCUT2D eigenvalue weighted by Crippen LogP contribution is 2.20. The highest BCUT2D eigenvalue weighted by molar-refractivity contribution is 5.81. The number of morpholine rings is 1. The van der Waals surface area contributed by atoms with E-state index in [2.05, 4.69) is 33.9 Å². The lowest BCUT2D eigenvalue weighted by molar-refractivity contribution is -0.140.